The Bertz CT molecular complexity index is 765. The third-order valence-electron chi connectivity index (χ3n) is 5.39. The molecule has 0 spiro atoms. The lowest BCUT2D eigenvalue weighted by Crippen LogP contribution is -2.43. The summed E-state index contributed by atoms with van der Waals surface area (Å²) in [5, 5.41) is 10.9. The van der Waals surface area contributed by atoms with Gasteiger partial charge in [0.05, 0.1) is 18.2 Å². The van der Waals surface area contributed by atoms with E-state index in [9.17, 15) is 4.79 Å². The Hall–Kier alpha value is -1.15. The van der Waals surface area contributed by atoms with Crippen molar-refractivity contribution in [3.63, 3.8) is 0 Å². The number of carbonyl (C=O) groups excluding carboxylic acids is 1. The van der Waals surface area contributed by atoms with Gasteiger partial charge in [0, 0.05) is 49.9 Å². The van der Waals surface area contributed by atoms with Crippen LogP contribution in [0, 0.1) is 12.8 Å². The van der Waals surface area contributed by atoms with E-state index in [1.54, 1.807) is 11.3 Å². The Morgan fingerprint density at radius 3 is 2.78 bits per heavy atom. The number of amides is 1. The first-order valence-corrected chi connectivity index (χ1v) is 9.93. The third-order valence-corrected chi connectivity index (χ3v) is 6.46. The van der Waals surface area contributed by atoms with Gasteiger partial charge in [0.1, 0.15) is 5.01 Å². The van der Waals surface area contributed by atoms with Crippen molar-refractivity contribution in [3.05, 3.63) is 34.0 Å². The fraction of sp³-hybridized carbons (Fsp3) is 0.611. The number of nitrogens with zero attached hydrogens (tertiary/aromatic N) is 4. The highest BCUT2D eigenvalue weighted by Crippen LogP contribution is 2.37. The van der Waals surface area contributed by atoms with Crippen molar-refractivity contribution < 1.29 is 4.79 Å². The first-order valence-electron chi connectivity index (χ1n) is 9.05. The predicted molar refractivity (Wildman–Crippen MR) is 112 cm³/mol. The molecular formula is C18H27Cl2N5OS. The molecule has 2 aromatic heterocycles. The fourth-order valence-corrected chi connectivity index (χ4v) is 5.05. The first kappa shape index (κ1) is 22.1. The van der Waals surface area contributed by atoms with Gasteiger partial charge < -0.3 is 10.2 Å². The van der Waals surface area contributed by atoms with E-state index < -0.39 is 0 Å². The molecule has 1 amide bonds. The Labute approximate surface area is 176 Å². The second kappa shape index (κ2) is 9.37. The number of hydrogen-bond donors (Lipinski definition) is 1. The summed E-state index contributed by atoms with van der Waals surface area (Å²) in [5.41, 5.74) is 2.21. The minimum Gasteiger partial charge on any atom is -0.333 e. The maximum atomic E-state index is 13.4. The summed E-state index contributed by atoms with van der Waals surface area (Å²) >= 11 is 1.69. The molecule has 3 atom stereocenters. The molecule has 2 aliphatic heterocycles. The van der Waals surface area contributed by atoms with Gasteiger partial charge in [-0.1, -0.05) is 0 Å². The zero-order valence-corrected chi connectivity index (χ0v) is 18.1. The van der Waals surface area contributed by atoms with E-state index in [0.29, 0.717) is 0 Å². The van der Waals surface area contributed by atoms with Gasteiger partial charge >= 0.3 is 0 Å². The molecule has 27 heavy (non-hydrogen) atoms. The summed E-state index contributed by atoms with van der Waals surface area (Å²) in [7, 11) is 1.92. The first-order chi connectivity index (χ1) is 12.1. The van der Waals surface area contributed by atoms with Crippen molar-refractivity contribution in [2.24, 2.45) is 13.0 Å². The summed E-state index contributed by atoms with van der Waals surface area (Å²) in [6.07, 6.45) is 7.22. The van der Waals surface area contributed by atoms with Gasteiger partial charge in [0.15, 0.2) is 0 Å². The highest BCUT2D eigenvalue weighted by Gasteiger charge is 2.40. The Kier molecular flexibility index (Phi) is 7.68. The Morgan fingerprint density at radius 2 is 2.11 bits per heavy atom. The molecule has 4 heterocycles. The topological polar surface area (TPSA) is 63.1 Å². The number of carbonyl (C=O) groups is 1. The van der Waals surface area contributed by atoms with E-state index in [-0.39, 0.29) is 48.6 Å². The molecule has 2 saturated heterocycles. The zero-order valence-electron chi connectivity index (χ0n) is 15.6. The number of aromatic nitrogens is 3. The minimum atomic E-state index is -0.00846. The molecule has 1 N–H and O–H groups in total. The predicted octanol–water partition coefficient (Wildman–Crippen LogP) is 3.09. The van der Waals surface area contributed by atoms with Crippen LogP contribution in [0.4, 0.5) is 0 Å². The second-order valence-corrected chi connectivity index (χ2v) is 8.08. The van der Waals surface area contributed by atoms with Crippen molar-refractivity contribution >= 4 is 42.1 Å². The molecule has 0 aromatic carbocycles. The van der Waals surface area contributed by atoms with Crippen molar-refractivity contribution in [3.8, 4) is 0 Å². The molecule has 0 radical (unpaired) electrons. The van der Waals surface area contributed by atoms with Crippen LogP contribution in [0.25, 0.3) is 0 Å². The summed E-state index contributed by atoms with van der Waals surface area (Å²) < 4.78 is 1.82. The monoisotopic (exact) mass is 431 g/mol. The van der Waals surface area contributed by atoms with Crippen molar-refractivity contribution in [2.45, 2.75) is 38.1 Å². The van der Waals surface area contributed by atoms with E-state index in [1.165, 1.54) is 6.42 Å². The number of likely N-dealkylation sites (tertiary alicyclic amines) is 1. The molecule has 2 aliphatic rings. The van der Waals surface area contributed by atoms with E-state index in [2.05, 4.69) is 25.7 Å². The standard InChI is InChI=1S/C18H25N5OS.2ClH/c1-12-11-25-17(21-12)16-5-3-4-6-23(16)18(24)15-9-19-8-14(15)13-7-20-22(2)10-13;;/h7,10-11,14-16,19H,3-6,8-9H2,1-2H3;2*1H/t14-,15+,16?;;/m1../s1. The van der Waals surface area contributed by atoms with Crippen LogP contribution < -0.4 is 5.32 Å². The van der Waals surface area contributed by atoms with Crippen LogP contribution in [0.1, 0.15) is 47.5 Å². The van der Waals surface area contributed by atoms with E-state index >= 15 is 0 Å². The number of rotatable bonds is 3. The Morgan fingerprint density at radius 1 is 1.30 bits per heavy atom. The summed E-state index contributed by atoms with van der Waals surface area (Å²) in [4.78, 5) is 20.2. The van der Waals surface area contributed by atoms with Gasteiger partial charge in [-0.25, -0.2) is 4.98 Å². The van der Waals surface area contributed by atoms with Crippen LogP contribution in [-0.4, -0.2) is 45.2 Å². The van der Waals surface area contributed by atoms with Crippen LogP contribution in [0.3, 0.4) is 0 Å². The second-order valence-electron chi connectivity index (χ2n) is 7.19. The number of aryl methyl sites for hydroxylation is 2. The number of hydrogen-bond acceptors (Lipinski definition) is 5. The number of nitrogens with one attached hydrogen (secondary N) is 1. The molecule has 2 fully saturated rings. The summed E-state index contributed by atoms with van der Waals surface area (Å²) in [6, 6.07) is 0.148. The third kappa shape index (κ3) is 4.47. The molecule has 2 aromatic rings. The van der Waals surface area contributed by atoms with Crippen molar-refractivity contribution in [2.75, 3.05) is 19.6 Å². The smallest absolute Gasteiger partial charge is 0.228 e. The molecule has 150 valence electrons. The van der Waals surface area contributed by atoms with Gasteiger partial charge in [-0.05, 0) is 31.7 Å². The minimum absolute atomic E-state index is 0. The van der Waals surface area contributed by atoms with Gasteiger partial charge in [-0.3, -0.25) is 9.48 Å². The molecule has 0 bridgehead atoms. The van der Waals surface area contributed by atoms with Crippen molar-refractivity contribution in [1.29, 1.82) is 0 Å². The fourth-order valence-electron chi connectivity index (χ4n) is 4.11. The molecule has 9 heteroatoms. The molecule has 0 saturated carbocycles. The summed E-state index contributed by atoms with van der Waals surface area (Å²) in [5.74, 6) is 0.476. The van der Waals surface area contributed by atoms with E-state index in [0.717, 1.165) is 48.7 Å². The van der Waals surface area contributed by atoms with Crippen LogP contribution in [0.15, 0.2) is 17.8 Å². The highest BCUT2D eigenvalue weighted by atomic mass is 35.5. The lowest BCUT2D eigenvalue weighted by molar-refractivity contribution is -0.139. The van der Waals surface area contributed by atoms with Crippen molar-refractivity contribution in [1.82, 2.24) is 25.0 Å². The average Bonchev–Trinajstić information content (AvgIpc) is 3.34. The number of thiazole rings is 1. The molecule has 4 rings (SSSR count). The van der Waals surface area contributed by atoms with Crippen LogP contribution in [0.5, 0.6) is 0 Å². The number of halogens is 2. The highest BCUT2D eigenvalue weighted by molar-refractivity contribution is 7.09. The maximum absolute atomic E-state index is 13.4. The normalized spacial score (nSPS) is 25.0. The molecule has 0 aliphatic carbocycles. The Balaban J connectivity index is 0.00000131. The molecule has 6 nitrogen and oxygen atoms in total. The van der Waals surface area contributed by atoms with E-state index in [4.69, 9.17) is 0 Å². The molecule has 1 unspecified atom stereocenters. The molecular weight excluding hydrogens is 405 g/mol. The maximum Gasteiger partial charge on any atom is 0.228 e. The lowest BCUT2D eigenvalue weighted by atomic mass is 9.88. The van der Waals surface area contributed by atoms with Gasteiger partial charge in [-0.2, -0.15) is 5.10 Å². The summed E-state index contributed by atoms with van der Waals surface area (Å²) in [6.45, 7) is 4.46. The van der Waals surface area contributed by atoms with Gasteiger partial charge in [-0.15, -0.1) is 36.2 Å². The number of piperidine rings is 1. The zero-order chi connectivity index (χ0) is 17.4. The van der Waals surface area contributed by atoms with E-state index in [1.807, 2.05) is 31.0 Å². The van der Waals surface area contributed by atoms with Crippen LogP contribution in [-0.2, 0) is 11.8 Å². The largest absolute Gasteiger partial charge is 0.333 e. The average molecular weight is 432 g/mol. The SMILES string of the molecule is Cc1csc(C2CCCCN2C(=O)[C@H]2CNC[C@@H]2c2cnn(C)c2)n1.Cl.Cl. The lowest BCUT2D eigenvalue weighted by Gasteiger charge is -2.37. The van der Waals surface area contributed by atoms with Gasteiger partial charge in [0.2, 0.25) is 5.91 Å². The van der Waals surface area contributed by atoms with Crippen LogP contribution in [0.2, 0.25) is 0 Å². The quantitative estimate of drug-likeness (QED) is 0.810. The van der Waals surface area contributed by atoms with Crippen LogP contribution >= 0.6 is 36.2 Å². The van der Waals surface area contributed by atoms with Gasteiger partial charge in [0.25, 0.3) is 0 Å².